The van der Waals surface area contributed by atoms with E-state index in [1.165, 1.54) is 0 Å². The second-order valence-electron chi connectivity index (χ2n) is 8.14. The maximum Gasteiger partial charge on any atom is 0.322 e. The number of aromatic nitrogens is 2. The van der Waals surface area contributed by atoms with Gasteiger partial charge in [-0.25, -0.2) is 4.79 Å². The topological polar surface area (TPSA) is 108 Å². The number of urea groups is 1. The molecule has 1 atom stereocenters. The summed E-state index contributed by atoms with van der Waals surface area (Å²) in [5.74, 6) is 2.98. The molecule has 0 saturated carbocycles. The van der Waals surface area contributed by atoms with Crippen molar-refractivity contribution in [1.82, 2.24) is 20.4 Å². The van der Waals surface area contributed by atoms with Crippen LogP contribution in [-0.4, -0.2) is 56.1 Å². The van der Waals surface area contributed by atoms with E-state index in [1.54, 1.807) is 51.5 Å². The average Bonchev–Trinajstić information content (AvgIpc) is 3.39. The van der Waals surface area contributed by atoms with Gasteiger partial charge in [-0.05, 0) is 49.2 Å². The van der Waals surface area contributed by atoms with E-state index in [0.29, 0.717) is 52.4 Å². The van der Waals surface area contributed by atoms with Crippen molar-refractivity contribution in [3.05, 3.63) is 53.5 Å². The lowest BCUT2D eigenvalue weighted by molar-refractivity contribution is 0.205. The van der Waals surface area contributed by atoms with Gasteiger partial charge in [0.2, 0.25) is 5.82 Å². The van der Waals surface area contributed by atoms with Crippen LogP contribution in [0.4, 0.5) is 4.79 Å². The second kappa shape index (κ2) is 10.6. The average molecular weight is 495 g/mol. The van der Waals surface area contributed by atoms with Gasteiger partial charge in [0, 0.05) is 17.8 Å². The van der Waals surface area contributed by atoms with E-state index in [1.807, 2.05) is 32.0 Å². The Morgan fingerprint density at radius 2 is 1.58 bits per heavy atom. The Morgan fingerprint density at radius 3 is 2.22 bits per heavy atom. The van der Waals surface area contributed by atoms with Crippen molar-refractivity contribution < 1.29 is 28.3 Å². The van der Waals surface area contributed by atoms with Crippen molar-refractivity contribution in [3.8, 4) is 34.4 Å². The Bertz CT molecular complexity index is 1290. The van der Waals surface area contributed by atoms with E-state index in [2.05, 4.69) is 10.5 Å². The highest BCUT2D eigenvalue weighted by Crippen LogP contribution is 2.40. The van der Waals surface area contributed by atoms with Gasteiger partial charge in [-0.1, -0.05) is 18.1 Å². The van der Waals surface area contributed by atoms with E-state index in [0.717, 1.165) is 17.7 Å². The molecule has 1 N–H and O–H groups in total. The first-order chi connectivity index (χ1) is 17.4. The molecule has 1 unspecified atom stereocenters. The predicted molar refractivity (Wildman–Crippen MR) is 133 cm³/mol. The molecule has 3 aromatic rings. The van der Waals surface area contributed by atoms with Gasteiger partial charge in [0.05, 0.1) is 40.1 Å². The summed E-state index contributed by atoms with van der Waals surface area (Å²) in [4.78, 5) is 19.4. The third-order valence-corrected chi connectivity index (χ3v) is 6.08. The lowest BCUT2D eigenvalue weighted by Crippen LogP contribution is -2.46. The molecule has 2 heterocycles. The number of ether oxygens (including phenoxy) is 4. The minimum atomic E-state index is -0.538. The highest BCUT2D eigenvalue weighted by molar-refractivity contribution is 5.87. The van der Waals surface area contributed by atoms with Crippen molar-refractivity contribution in [1.29, 1.82) is 0 Å². The first-order valence-electron chi connectivity index (χ1n) is 11.5. The molecule has 1 aliphatic heterocycles. The third kappa shape index (κ3) is 4.53. The van der Waals surface area contributed by atoms with Gasteiger partial charge < -0.3 is 28.8 Å². The van der Waals surface area contributed by atoms with Crippen LogP contribution in [0.15, 0.2) is 46.6 Å². The largest absolute Gasteiger partial charge is 0.493 e. The molecule has 4 rings (SSSR count). The Morgan fingerprint density at radius 1 is 0.944 bits per heavy atom. The normalized spacial score (nSPS) is 15.6. The number of allylic oxidation sites excluding steroid dienone is 1. The predicted octanol–water partition coefficient (Wildman–Crippen LogP) is 4.68. The fourth-order valence-corrected chi connectivity index (χ4v) is 4.26. The Labute approximate surface area is 209 Å². The molecule has 0 bridgehead atoms. The van der Waals surface area contributed by atoms with Crippen LogP contribution in [0.5, 0.6) is 23.0 Å². The number of hydrogen-bond acceptors (Lipinski definition) is 8. The van der Waals surface area contributed by atoms with Gasteiger partial charge >= 0.3 is 6.03 Å². The summed E-state index contributed by atoms with van der Waals surface area (Å²) < 4.78 is 27.3. The molecule has 190 valence electrons. The molecule has 0 fully saturated rings. The first kappa shape index (κ1) is 24.9. The number of nitrogens with zero attached hydrogens (tertiary/aromatic N) is 3. The smallest absolute Gasteiger partial charge is 0.322 e. The quantitative estimate of drug-likeness (QED) is 0.457. The lowest BCUT2D eigenvalue weighted by Gasteiger charge is -2.35. The summed E-state index contributed by atoms with van der Waals surface area (Å²) in [6, 6.07) is 10.2. The number of benzene rings is 2. The number of methoxy groups -OCH3 is 4. The number of hydrogen-bond donors (Lipinski definition) is 1. The van der Waals surface area contributed by atoms with Crippen LogP contribution in [0.1, 0.15) is 37.8 Å². The molecule has 0 radical (unpaired) electrons. The zero-order valence-electron chi connectivity index (χ0n) is 21.2. The summed E-state index contributed by atoms with van der Waals surface area (Å²) in [5.41, 5.74) is 2.93. The first-order valence-corrected chi connectivity index (χ1v) is 11.5. The molecule has 1 aliphatic rings. The molecule has 2 amide bonds. The Kier molecular flexibility index (Phi) is 7.33. The maximum atomic E-state index is 13.0. The fourth-order valence-electron chi connectivity index (χ4n) is 4.26. The summed E-state index contributed by atoms with van der Waals surface area (Å²) in [7, 11) is 6.29. The summed E-state index contributed by atoms with van der Waals surface area (Å²) in [6.07, 6.45) is 0.791. The highest BCUT2D eigenvalue weighted by Gasteiger charge is 2.36. The summed E-state index contributed by atoms with van der Waals surface area (Å²) >= 11 is 0. The van der Waals surface area contributed by atoms with Crippen molar-refractivity contribution >= 4 is 11.6 Å². The number of carbonyl (C=O) groups is 1. The Balaban J connectivity index is 1.81. The Hall–Kier alpha value is -4.21. The van der Waals surface area contributed by atoms with Crippen molar-refractivity contribution in [2.75, 3.05) is 35.0 Å². The minimum Gasteiger partial charge on any atom is -0.493 e. The number of carbonyl (C=O) groups excluding carboxylic acids is 1. The second-order valence-corrected chi connectivity index (χ2v) is 8.14. The van der Waals surface area contributed by atoms with E-state index in [-0.39, 0.29) is 6.03 Å². The molecular formula is C26H30N4O6. The SMILES string of the molecule is CCCN1C(=O)NC(c2ccc(OC)c(OC)c2)C(c2nc(-c3ccc(OC)c(OC)c3)no2)=C1C. The van der Waals surface area contributed by atoms with Crippen molar-refractivity contribution in [2.45, 2.75) is 26.3 Å². The number of rotatable bonds is 9. The van der Waals surface area contributed by atoms with E-state index >= 15 is 0 Å². The molecule has 36 heavy (non-hydrogen) atoms. The zero-order valence-corrected chi connectivity index (χ0v) is 21.2. The van der Waals surface area contributed by atoms with Gasteiger partial charge in [-0.3, -0.25) is 4.90 Å². The van der Waals surface area contributed by atoms with Crippen molar-refractivity contribution in [3.63, 3.8) is 0 Å². The van der Waals surface area contributed by atoms with E-state index < -0.39 is 6.04 Å². The molecule has 10 nitrogen and oxygen atoms in total. The van der Waals surface area contributed by atoms with Crippen molar-refractivity contribution in [2.24, 2.45) is 0 Å². The van der Waals surface area contributed by atoms with Crippen LogP contribution in [0, 0.1) is 0 Å². The van der Waals surface area contributed by atoms with E-state index in [4.69, 9.17) is 28.5 Å². The summed E-state index contributed by atoms with van der Waals surface area (Å²) in [6.45, 7) is 4.46. The minimum absolute atomic E-state index is 0.197. The highest BCUT2D eigenvalue weighted by atomic mass is 16.5. The molecule has 0 saturated heterocycles. The maximum absolute atomic E-state index is 13.0. The number of amides is 2. The fraction of sp³-hybridized carbons (Fsp3) is 0.346. The third-order valence-electron chi connectivity index (χ3n) is 6.08. The van der Waals surface area contributed by atoms with Gasteiger partial charge in [0.25, 0.3) is 5.89 Å². The van der Waals surface area contributed by atoms with Crippen LogP contribution in [0.3, 0.4) is 0 Å². The monoisotopic (exact) mass is 494 g/mol. The molecule has 0 aliphatic carbocycles. The standard InChI is InChI=1S/C26H30N4O6/c1-7-12-30-15(2)22(23(27-26(30)31)16-8-10-18(32-3)20(13-16)34-5)25-28-24(29-36-25)17-9-11-19(33-4)21(14-17)35-6/h8-11,13-14,23H,7,12H2,1-6H3,(H,27,31). The van der Waals surface area contributed by atoms with E-state index in [9.17, 15) is 4.79 Å². The molecule has 2 aromatic carbocycles. The molecule has 1 aromatic heterocycles. The van der Waals surface area contributed by atoms with Crippen LogP contribution >= 0.6 is 0 Å². The van der Waals surface area contributed by atoms with Gasteiger partial charge in [-0.15, -0.1) is 0 Å². The van der Waals surface area contributed by atoms with Gasteiger partial charge in [-0.2, -0.15) is 4.98 Å². The van der Waals surface area contributed by atoms with Crippen LogP contribution in [-0.2, 0) is 0 Å². The van der Waals surface area contributed by atoms with Crippen LogP contribution < -0.4 is 24.3 Å². The summed E-state index contributed by atoms with van der Waals surface area (Å²) in [5, 5.41) is 7.30. The van der Waals surface area contributed by atoms with Crippen LogP contribution in [0.2, 0.25) is 0 Å². The van der Waals surface area contributed by atoms with Gasteiger partial charge in [0.1, 0.15) is 0 Å². The van der Waals surface area contributed by atoms with Gasteiger partial charge in [0.15, 0.2) is 23.0 Å². The molecular weight excluding hydrogens is 464 g/mol. The molecule has 10 heteroatoms. The number of nitrogens with one attached hydrogen (secondary N) is 1. The lowest BCUT2D eigenvalue weighted by atomic mass is 9.94. The molecule has 0 spiro atoms. The zero-order chi connectivity index (χ0) is 25.8. The van der Waals surface area contributed by atoms with Crippen LogP contribution in [0.25, 0.3) is 17.0 Å².